The average molecular weight is 824 g/mol. The lowest BCUT2D eigenvalue weighted by Crippen LogP contribution is -2.45. The van der Waals surface area contributed by atoms with Gasteiger partial charge in [0.25, 0.3) is 0 Å². The lowest BCUT2D eigenvalue weighted by Gasteiger charge is -2.26. The van der Waals surface area contributed by atoms with Crippen molar-refractivity contribution in [3.63, 3.8) is 0 Å². The number of aromatic nitrogens is 7. The number of amides is 1. The first-order valence-corrected chi connectivity index (χ1v) is 17.4. The van der Waals surface area contributed by atoms with E-state index in [-0.39, 0.29) is 30.5 Å². The SMILES string of the molecule is CC(C)(C)OC(=O)O[C@@H]1[C@@H](Cn2cc(CNc3ccn([C@@H]4O[C@H](CO)[C@@H](O)C4(F)F)c(=O)n3)nn2)O[C@@H](n2ccc(NC(=O)OCc3ccccc3)nc2=O)C1(F)F. The molecule has 3 aromatic heterocycles. The van der Waals surface area contributed by atoms with Gasteiger partial charge in [0, 0.05) is 12.4 Å². The second-order valence-corrected chi connectivity index (χ2v) is 14.0. The van der Waals surface area contributed by atoms with Gasteiger partial charge in [-0.2, -0.15) is 27.5 Å². The van der Waals surface area contributed by atoms with Crippen molar-refractivity contribution in [3.8, 4) is 0 Å². The summed E-state index contributed by atoms with van der Waals surface area (Å²) in [6.45, 7) is 2.79. The highest BCUT2D eigenvalue weighted by Gasteiger charge is 2.63. The van der Waals surface area contributed by atoms with Gasteiger partial charge >= 0.3 is 35.5 Å². The van der Waals surface area contributed by atoms with Gasteiger partial charge in [0.1, 0.15) is 41.7 Å². The first-order valence-electron chi connectivity index (χ1n) is 17.4. The van der Waals surface area contributed by atoms with E-state index < -0.39 is 91.1 Å². The molecular weight excluding hydrogens is 786 g/mol. The van der Waals surface area contributed by atoms with Crippen molar-refractivity contribution in [1.82, 2.24) is 34.1 Å². The van der Waals surface area contributed by atoms with Crippen molar-refractivity contribution in [2.24, 2.45) is 0 Å². The molecule has 2 fully saturated rings. The number of hydrogen-bond donors (Lipinski definition) is 4. The Hall–Kier alpha value is -5.98. The van der Waals surface area contributed by atoms with E-state index in [1.165, 1.54) is 27.0 Å². The van der Waals surface area contributed by atoms with Gasteiger partial charge in [-0.25, -0.2) is 23.9 Å². The maximum atomic E-state index is 16.1. The molecule has 0 radical (unpaired) electrons. The summed E-state index contributed by atoms with van der Waals surface area (Å²) in [4.78, 5) is 57.8. The number of carbonyl (C=O) groups excluding carboxylic acids is 2. The molecule has 0 spiro atoms. The molecule has 5 heterocycles. The van der Waals surface area contributed by atoms with Crippen LogP contribution in [0.1, 0.15) is 44.5 Å². The van der Waals surface area contributed by atoms with Crippen molar-refractivity contribution in [3.05, 3.63) is 93.3 Å². The topological polar surface area (TPSA) is 245 Å². The molecule has 6 rings (SSSR count). The van der Waals surface area contributed by atoms with Gasteiger partial charge in [-0.05, 0) is 38.5 Å². The van der Waals surface area contributed by atoms with Gasteiger partial charge in [-0.1, -0.05) is 35.5 Å². The summed E-state index contributed by atoms with van der Waals surface area (Å²) in [5.74, 6) is -8.38. The number of hydrogen-bond acceptors (Lipinski definition) is 16. The van der Waals surface area contributed by atoms with Crippen LogP contribution in [0.4, 0.5) is 38.8 Å². The molecule has 1 aromatic carbocycles. The Morgan fingerprint density at radius 3 is 2.16 bits per heavy atom. The van der Waals surface area contributed by atoms with Crippen LogP contribution in [0.2, 0.25) is 0 Å². The first kappa shape index (κ1) is 41.6. The van der Waals surface area contributed by atoms with Crippen LogP contribution in [0.5, 0.6) is 0 Å². The zero-order chi connectivity index (χ0) is 42.0. The van der Waals surface area contributed by atoms with Gasteiger partial charge in [-0.15, -0.1) is 5.10 Å². The van der Waals surface area contributed by atoms with E-state index >= 15 is 8.78 Å². The molecule has 2 saturated heterocycles. The van der Waals surface area contributed by atoms with Gasteiger partial charge in [-0.3, -0.25) is 14.5 Å². The number of nitrogens with zero attached hydrogens (tertiary/aromatic N) is 7. The normalized spacial score (nSPS) is 23.6. The van der Waals surface area contributed by atoms with Crippen LogP contribution >= 0.6 is 0 Å². The fraction of sp³-hybridized carbons (Fsp3) is 0.471. The molecule has 20 nitrogen and oxygen atoms in total. The Kier molecular flexibility index (Phi) is 11.8. The van der Waals surface area contributed by atoms with Gasteiger partial charge in [0.2, 0.25) is 18.6 Å². The summed E-state index contributed by atoms with van der Waals surface area (Å²) in [5, 5.41) is 31.8. The summed E-state index contributed by atoms with van der Waals surface area (Å²) < 4.78 is 89.2. The molecule has 0 bridgehead atoms. The maximum Gasteiger partial charge on any atom is 0.509 e. The third-order valence-electron chi connectivity index (χ3n) is 8.53. The number of nitrogens with one attached hydrogen (secondary N) is 2. The molecule has 0 unspecified atom stereocenters. The van der Waals surface area contributed by atoms with Crippen LogP contribution in [0, 0.1) is 0 Å². The molecule has 4 aromatic rings. The molecule has 4 N–H and O–H groups in total. The standard InChI is InChI=1S/C34H37F4N9O11/c1-32(2,3)58-31(53)57-25-20(55-27(34(25,37)38)47-12-10-23(41-29(47)51)42-30(52)54-17-18-7-5-4-6-8-18)15-45-14-19(43-44-45)13-39-22-9-11-46(28(50)40-22)26-33(35,36)24(49)21(16-48)56-26/h4-12,14,20-21,24-27,48-49H,13,15-17H2,1-3H3,(H,39,40,50)(H,41,42,51,52)/t20-,21-,24-,25-,26-,27-/m1/s1. The summed E-state index contributed by atoms with van der Waals surface area (Å²) in [7, 11) is 0. The van der Waals surface area contributed by atoms with Gasteiger partial charge < -0.3 is 39.2 Å². The fourth-order valence-electron chi connectivity index (χ4n) is 5.84. The molecule has 0 aliphatic carbocycles. The molecule has 6 atom stereocenters. The van der Waals surface area contributed by atoms with Crippen LogP contribution in [0.3, 0.4) is 0 Å². The summed E-state index contributed by atoms with van der Waals surface area (Å²) >= 11 is 0. The third kappa shape index (κ3) is 9.25. The Morgan fingerprint density at radius 1 is 0.914 bits per heavy atom. The summed E-state index contributed by atoms with van der Waals surface area (Å²) in [5.41, 5.74) is -2.69. The summed E-state index contributed by atoms with van der Waals surface area (Å²) in [6.07, 6.45) is -11.9. The zero-order valence-corrected chi connectivity index (χ0v) is 30.8. The minimum absolute atomic E-state index is 0.0897. The Bertz CT molecular complexity index is 2220. The highest BCUT2D eigenvalue weighted by Crippen LogP contribution is 2.45. The molecule has 2 aliphatic heterocycles. The molecule has 58 heavy (non-hydrogen) atoms. The van der Waals surface area contributed by atoms with Crippen molar-refractivity contribution in [1.29, 1.82) is 0 Å². The lowest BCUT2D eigenvalue weighted by molar-refractivity contribution is -0.149. The maximum absolute atomic E-state index is 16.1. The molecule has 0 saturated carbocycles. The number of anilines is 2. The first-order chi connectivity index (χ1) is 27.3. The van der Waals surface area contributed by atoms with Crippen LogP contribution in [0.15, 0.2) is 70.6 Å². The van der Waals surface area contributed by atoms with Crippen molar-refractivity contribution >= 4 is 23.9 Å². The molecule has 24 heteroatoms. The third-order valence-corrected chi connectivity index (χ3v) is 8.53. The van der Waals surface area contributed by atoms with E-state index in [4.69, 9.17) is 23.7 Å². The number of benzene rings is 1. The molecule has 1 amide bonds. The quantitative estimate of drug-likeness (QED) is 0.118. The van der Waals surface area contributed by atoms with Crippen molar-refractivity contribution < 1.29 is 61.0 Å². The van der Waals surface area contributed by atoms with E-state index in [2.05, 4.69) is 30.9 Å². The number of halogens is 4. The lowest BCUT2D eigenvalue weighted by atomic mass is 10.1. The number of rotatable bonds is 12. The van der Waals surface area contributed by atoms with Crippen LogP contribution in [-0.2, 0) is 43.4 Å². The van der Waals surface area contributed by atoms with Crippen LogP contribution in [0.25, 0.3) is 0 Å². The largest absolute Gasteiger partial charge is 0.509 e. The smallest absolute Gasteiger partial charge is 0.444 e. The Balaban J connectivity index is 1.14. The predicted octanol–water partition coefficient (Wildman–Crippen LogP) is 2.19. The summed E-state index contributed by atoms with van der Waals surface area (Å²) in [6, 6.07) is 10.9. The Morgan fingerprint density at radius 2 is 1.53 bits per heavy atom. The van der Waals surface area contributed by atoms with Crippen LogP contribution < -0.4 is 22.0 Å². The predicted molar refractivity (Wildman–Crippen MR) is 187 cm³/mol. The van der Waals surface area contributed by atoms with Gasteiger partial charge in [0.05, 0.1) is 25.9 Å². The minimum Gasteiger partial charge on any atom is -0.444 e. The number of ether oxygens (including phenoxy) is 5. The second kappa shape index (κ2) is 16.5. The number of aliphatic hydroxyl groups excluding tert-OH is 2. The highest BCUT2D eigenvalue weighted by molar-refractivity contribution is 5.83. The Labute approximate surface area is 324 Å². The van der Waals surface area contributed by atoms with Crippen molar-refractivity contribution in [2.45, 2.75) is 94.8 Å². The minimum atomic E-state index is -4.07. The van der Waals surface area contributed by atoms with E-state index in [0.717, 1.165) is 29.2 Å². The number of carbonyl (C=O) groups is 2. The van der Waals surface area contributed by atoms with Gasteiger partial charge in [0.15, 0.2) is 6.10 Å². The molecule has 2 aliphatic rings. The zero-order valence-electron chi connectivity index (χ0n) is 30.8. The number of alkyl halides is 4. The van der Waals surface area contributed by atoms with E-state index in [9.17, 15) is 38.2 Å². The monoisotopic (exact) mass is 823 g/mol. The van der Waals surface area contributed by atoms with E-state index in [1.54, 1.807) is 30.3 Å². The average Bonchev–Trinajstić information content (AvgIpc) is 3.77. The van der Waals surface area contributed by atoms with E-state index in [0.29, 0.717) is 14.7 Å². The highest BCUT2D eigenvalue weighted by atomic mass is 19.3. The number of aliphatic hydroxyl groups is 2. The molecular formula is C34H37F4N9O11. The van der Waals surface area contributed by atoms with Crippen LogP contribution in [-0.4, -0.2) is 105 Å². The van der Waals surface area contributed by atoms with E-state index in [1.807, 2.05) is 0 Å². The molecule has 312 valence electrons. The second-order valence-electron chi connectivity index (χ2n) is 14.0. The van der Waals surface area contributed by atoms with Crippen molar-refractivity contribution in [2.75, 3.05) is 17.2 Å². The fourth-order valence-corrected chi connectivity index (χ4v) is 5.84.